The third-order valence-corrected chi connectivity index (χ3v) is 3.29. The summed E-state index contributed by atoms with van der Waals surface area (Å²) in [7, 11) is 0. The zero-order chi connectivity index (χ0) is 10.7. The van der Waals surface area contributed by atoms with Crippen LogP contribution in [0.4, 0.5) is 0 Å². The first-order valence-electron chi connectivity index (χ1n) is 5.16. The van der Waals surface area contributed by atoms with Crippen LogP contribution >= 0.6 is 11.6 Å². The smallest absolute Gasteiger partial charge is 0.137 e. The van der Waals surface area contributed by atoms with E-state index in [-0.39, 0.29) is 0 Å². The van der Waals surface area contributed by atoms with E-state index in [0.29, 0.717) is 0 Å². The highest BCUT2D eigenvalue weighted by atomic mass is 35.5. The summed E-state index contributed by atoms with van der Waals surface area (Å²) in [6.07, 6.45) is 0. The molecular formula is C14H7ClO. The molecule has 0 atom stereocenters. The van der Waals surface area contributed by atoms with Crippen molar-refractivity contribution < 1.29 is 4.42 Å². The summed E-state index contributed by atoms with van der Waals surface area (Å²) in [4.78, 5) is 0. The first kappa shape index (κ1) is 8.43. The van der Waals surface area contributed by atoms with Crippen molar-refractivity contribution in [3.8, 4) is 0 Å². The highest BCUT2D eigenvalue weighted by Gasteiger charge is 2.12. The zero-order valence-electron chi connectivity index (χ0n) is 8.33. The molecule has 0 amide bonds. The Morgan fingerprint density at radius 2 is 1.62 bits per heavy atom. The fourth-order valence-electron chi connectivity index (χ4n) is 2.42. The maximum Gasteiger partial charge on any atom is 0.137 e. The lowest BCUT2D eigenvalue weighted by atomic mass is 10.0. The molecular weight excluding hydrogens is 220 g/mol. The number of halogens is 1. The van der Waals surface area contributed by atoms with E-state index in [4.69, 9.17) is 16.0 Å². The van der Waals surface area contributed by atoms with Gasteiger partial charge < -0.3 is 4.42 Å². The predicted octanol–water partition coefficient (Wildman–Crippen LogP) is 4.83. The molecule has 2 heteroatoms. The van der Waals surface area contributed by atoms with E-state index in [9.17, 15) is 0 Å². The van der Waals surface area contributed by atoms with Gasteiger partial charge >= 0.3 is 0 Å². The molecule has 0 saturated heterocycles. The summed E-state index contributed by atoms with van der Waals surface area (Å²) in [6, 6.07) is 14.2. The van der Waals surface area contributed by atoms with Crippen molar-refractivity contribution in [1.82, 2.24) is 0 Å². The third-order valence-electron chi connectivity index (χ3n) is 3.07. The van der Waals surface area contributed by atoms with Crippen molar-refractivity contribution in [3.05, 3.63) is 47.5 Å². The van der Waals surface area contributed by atoms with Gasteiger partial charge in [0.1, 0.15) is 11.2 Å². The number of rotatable bonds is 0. The van der Waals surface area contributed by atoms with Crippen molar-refractivity contribution in [2.45, 2.75) is 0 Å². The second kappa shape index (κ2) is 2.69. The van der Waals surface area contributed by atoms with E-state index < -0.39 is 0 Å². The number of hydrogen-bond donors (Lipinski definition) is 0. The highest BCUT2D eigenvalue weighted by Crippen LogP contribution is 2.38. The van der Waals surface area contributed by atoms with Gasteiger partial charge in [-0.2, -0.15) is 0 Å². The average molecular weight is 227 g/mol. The van der Waals surface area contributed by atoms with Gasteiger partial charge in [-0.05, 0) is 22.9 Å². The number of benzene rings is 3. The number of hydrogen-bond acceptors (Lipinski definition) is 1. The van der Waals surface area contributed by atoms with Crippen LogP contribution in [0.2, 0.25) is 5.02 Å². The van der Waals surface area contributed by atoms with Crippen LogP contribution in [0, 0.1) is 0 Å². The van der Waals surface area contributed by atoms with Crippen LogP contribution in [-0.2, 0) is 0 Å². The highest BCUT2D eigenvalue weighted by molar-refractivity contribution is 6.33. The molecule has 1 aromatic heterocycles. The average Bonchev–Trinajstić information content (AvgIpc) is 2.64. The Kier molecular flexibility index (Phi) is 1.41. The van der Waals surface area contributed by atoms with Crippen molar-refractivity contribution >= 4 is 44.3 Å². The Hall–Kier alpha value is -1.73. The zero-order valence-corrected chi connectivity index (χ0v) is 9.08. The van der Waals surface area contributed by atoms with Crippen molar-refractivity contribution in [3.63, 3.8) is 0 Å². The minimum absolute atomic E-state index is 0.717. The second-order valence-electron chi connectivity index (χ2n) is 4.02. The Balaban J connectivity index is 2.48. The summed E-state index contributed by atoms with van der Waals surface area (Å²) in [6.45, 7) is 0. The van der Waals surface area contributed by atoms with Crippen molar-refractivity contribution in [1.29, 1.82) is 0 Å². The Labute approximate surface area is 96.6 Å². The van der Waals surface area contributed by atoms with Crippen LogP contribution in [0.3, 0.4) is 0 Å². The lowest BCUT2D eigenvalue weighted by Crippen LogP contribution is -1.75. The molecule has 0 aliphatic rings. The van der Waals surface area contributed by atoms with Gasteiger partial charge in [-0.15, -0.1) is 0 Å². The largest absolute Gasteiger partial charge is 0.456 e. The summed E-state index contributed by atoms with van der Waals surface area (Å²) >= 11 is 6.06. The fourth-order valence-corrected chi connectivity index (χ4v) is 2.64. The van der Waals surface area contributed by atoms with Gasteiger partial charge in [0.2, 0.25) is 0 Å². The van der Waals surface area contributed by atoms with Crippen molar-refractivity contribution in [2.75, 3.05) is 0 Å². The monoisotopic (exact) mass is 226 g/mol. The molecule has 0 spiro atoms. The molecule has 0 N–H and O–H groups in total. The molecule has 0 unspecified atom stereocenters. The lowest BCUT2D eigenvalue weighted by molar-refractivity contribution is 0.669. The molecule has 16 heavy (non-hydrogen) atoms. The van der Waals surface area contributed by atoms with E-state index in [1.165, 1.54) is 16.2 Å². The van der Waals surface area contributed by atoms with E-state index in [2.05, 4.69) is 18.2 Å². The molecule has 0 radical (unpaired) electrons. The Morgan fingerprint density at radius 1 is 0.812 bits per heavy atom. The molecule has 1 nitrogen and oxygen atoms in total. The third kappa shape index (κ3) is 0.915. The van der Waals surface area contributed by atoms with Gasteiger partial charge in [-0.25, -0.2) is 0 Å². The van der Waals surface area contributed by atoms with E-state index >= 15 is 0 Å². The van der Waals surface area contributed by atoms with Crippen LogP contribution in [-0.4, -0.2) is 0 Å². The van der Waals surface area contributed by atoms with Gasteiger partial charge in [-0.1, -0.05) is 35.9 Å². The van der Waals surface area contributed by atoms with E-state index in [0.717, 1.165) is 21.6 Å². The minimum Gasteiger partial charge on any atom is -0.456 e. The minimum atomic E-state index is 0.717. The lowest BCUT2D eigenvalue weighted by Gasteiger charge is -2.00. The molecule has 0 saturated carbocycles. The molecule has 0 aliphatic heterocycles. The fraction of sp³-hybridized carbons (Fsp3) is 0. The first-order valence-corrected chi connectivity index (χ1v) is 5.53. The second-order valence-corrected chi connectivity index (χ2v) is 4.46. The molecule has 0 bridgehead atoms. The molecule has 1 heterocycles. The SMILES string of the molecule is Clc1cc2ccc3cccc4oc(c1)c2c34. The van der Waals surface area contributed by atoms with E-state index in [1.54, 1.807) is 0 Å². The maximum absolute atomic E-state index is 6.06. The summed E-state index contributed by atoms with van der Waals surface area (Å²) in [5, 5.41) is 5.45. The van der Waals surface area contributed by atoms with Crippen LogP contribution in [0.1, 0.15) is 0 Å². The van der Waals surface area contributed by atoms with Crippen molar-refractivity contribution in [2.24, 2.45) is 0 Å². The van der Waals surface area contributed by atoms with Gasteiger partial charge in [0.15, 0.2) is 0 Å². The Morgan fingerprint density at radius 3 is 2.56 bits per heavy atom. The van der Waals surface area contributed by atoms with Gasteiger partial charge in [0, 0.05) is 21.9 Å². The molecule has 3 aromatic carbocycles. The molecule has 4 rings (SSSR count). The van der Waals surface area contributed by atoms with E-state index in [1.807, 2.05) is 24.3 Å². The van der Waals surface area contributed by atoms with Crippen LogP contribution in [0.25, 0.3) is 32.7 Å². The standard InChI is InChI=1S/C14H7ClO/c15-10-6-9-5-4-8-2-1-3-11-13(8)14(9)12(7-10)16-11/h1-7H. The van der Waals surface area contributed by atoms with Gasteiger partial charge in [-0.3, -0.25) is 0 Å². The van der Waals surface area contributed by atoms with Crippen LogP contribution in [0.15, 0.2) is 46.9 Å². The van der Waals surface area contributed by atoms with Crippen LogP contribution in [0.5, 0.6) is 0 Å². The topological polar surface area (TPSA) is 13.1 Å². The van der Waals surface area contributed by atoms with Gasteiger partial charge in [0.05, 0.1) is 0 Å². The summed E-state index contributed by atoms with van der Waals surface area (Å²) < 4.78 is 5.81. The normalized spacial score (nSPS) is 12.1. The predicted molar refractivity (Wildman–Crippen MR) is 67.4 cm³/mol. The first-order chi connectivity index (χ1) is 7.83. The quantitative estimate of drug-likeness (QED) is 0.392. The van der Waals surface area contributed by atoms with Gasteiger partial charge in [0.25, 0.3) is 0 Å². The maximum atomic E-state index is 6.06. The molecule has 0 aliphatic carbocycles. The summed E-state index contributed by atoms with van der Waals surface area (Å²) in [5.74, 6) is 0. The summed E-state index contributed by atoms with van der Waals surface area (Å²) in [5.41, 5.74) is 1.80. The Bertz CT molecular complexity index is 813. The number of furan rings is 1. The molecule has 4 aromatic rings. The molecule has 0 fully saturated rings. The van der Waals surface area contributed by atoms with Crippen LogP contribution < -0.4 is 0 Å². The molecule has 76 valence electrons.